The van der Waals surface area contributed by atoms with Gasteiger partial charge in [0.1, 0.15) is 17.1 Å². The molecule has 1 aliphatic carbocycles. The highest BCUT2D eigenvalue weighted by atomic mass is 16.5. The number of aromatic nitrogens is 1. The highest BCUT2D eigenvalue weighted by molar-refractivity contribution is 6.07. The topological polar surface area (TPSA) is 71.2 Å². The van der Waals surface area contributed by atoms with Crippen LogP contribution in [0.4, 0.5) is 0 Å². The summed E-state index contributed by atoms with van der Waals surface area (Å²) in [6.45, 7) is 9.82. The van der Waals surface area contributed by atoms with Crippen molar-refractivity contribution in [2.75, 3.05) is 33.4 Å². The molecule has 1 spiro atoms. The van der Waals surface area contributed by atoms with Crippen LogP contribution < -0.4 is 0 Å². The molecule has 3 atom stereocenters. The molecule has 0 bridgehead atoms. The molecular formula is C19H28N4O3. The third-order valence-electron chi connectivity index (χ3n) is 6.48. The maximum atomic E-state index is 13.2. The van der Waals surface area contributed by atoms with Crippen molar-refractivity contribution in [3.05, 3.63) is 17.0 Å². The van der Waals surface area contributed by atoms with Crippen molar-refractivity contribution in [2.45, 2.75) is 45.7 Å². The van der Waals surface area contributed by atoms with E-state index in [2.05, 4.69) is 10.1 Å². The molecule has 1 saturated carbocycles. The van der Waals surface area contributed by atoms with E-state index in [1.54, 1.807) is 7.11 Å². The molecule has 1 aromatic rings. The van der Waals surface area contributed by atoms with Gasteiger partial charge >= 0.3 is 0 Å². The maximum Gasteiger partial charge on any atom is 0.256 e. The number of aryl methyl sites for hydroxylation is 2. The summed E-state index contributed by atoms with van der Waals surface area (Å²) in [5.74, 6) is 2.76. The zero-order valence-corrected chi connectivity index (χ0v) is 16.1. The largest absolute Gasteiger partial charge is 0.383 e. The lowest BCUT2D eigenvalue weighted by molar-refractivity contribution is -0.132. The van der Waals surface area contributed by atoms with Crippen LogP contribution in [-0.2, 0) is 16.1 Å². The number of ether oxygens (including phenoxy) is 1. The van der Waals surface area contributed by atoms with Crippen LogP contribution in [0.3, 0.4) is 0 Å². The van der Waals surface area contributed by atoms with Crippen LogP contribution in [0.25, 0.3) is 0 Å². The van der Waals surface area contributed by atoms with Crippen molar-refractivity contribution >= 4 is 11.7 Å². The molecule has 0 unspecified atom stereocenters. The smallest absolute Gasteiger partial charge is 0.256 e. The number of fused-ring (bicyclic) bond motifs is 2. The van der Waals surface area contributed by atoms with Crippen molar-refractivity contribution in [3.8, 4) is 0 Å². The molecule has 0 aromatic carbocycles. The molecule has 7 nitrogen and oxygen atoms in total. The molecule has 0 N–H and O–H groups in total. The van der Waals surface area contributed by atoms with Crippen LogP contribution in [0.5, 0.6) is 0 Å². The Morgan fingerprint density at radius 3 is 2.81 bits per heavy atom. The summed E-state index contributed by atoms with van der Waals surface area (Å²) in [6.07, 6.45) is 1.95. The number of methoxy groups -OCH3 is 1. The monoisotopic (exact) mass is 360 g/mol. The molecule has 1 saturated heterocycles. The van der Waals surface area contributed by atoms with E-state index in [1.807, 2.05) is 25.7 Å². The molecule has 3 aliphatic rings. The van der Waals surface area contributed by atoms with Gasteiger partial charge < -0.3 is 9.26 Å². The number of aliphatic imine (C=N–C) groups is 1. The third-order valence-corrected chi connectivity index (χ3v) is 6.48. The second-order valence-corrected chi connectivity index (χ2v) is 7.93. The van der Waals surface area contributed by atoms with Gasteiger partial charge in [0, 0.05) is 38.2 Å². The zero-order chi connectivity index (χ0) is 18.5. The number of hydrogen-bond donors (Lipinski definition) is 0. The minimum atomic E-state index is -0.546. The van der Waals surface area contributed by atoms with E-state index in [-0.39, 0.29) is 5.91 Å². The number of carbonyl (C=O) groups is 1. The lowest BCUT2D eigenvalue weighted by Gasteiger charge is -2.28. The summed E-state index contributed by atoms with van der Waals surface area (Å²) in [5.41, 5.74) is 1.60. The first-order valence-corrected chi connectivity index (χ1v) is 9.47. The number of nitrogens with zero attached hydrogens (tertiary/aromatic N) is 4. The minimum Gasteiger partial charge on any atom is -0.383 e. The first kappa shape index (κ1) is 17.7. The van der Waals surface area contributed by atoms with E-state index in [9.17, 15) is 4.79 Å². The highest BCUT2D eigenvalue weighted by Crippen LogP contribution is 2.50. The molecule has 2 aliphatic heterocycles. The van der Waals surface area contributed by atoms with Crippen LogP contribution in [0.2, 0.25) is 0 Å². The van der Waals surface area contributed by atoms with Crippen LogP contribution in [0.1, 0.15) is 36.8 Å². The zero-order valence-electron chi connectivity index (χ0n) is 16.1. The number of carbonyl (C=O) groups excluding carboxylic acids is 1. The molecule has 26 heavy (non-hydrogen) atoms. The normalized spacial score (nSPS) is 31.3. The molecule has 3 heterocycles. The van der Waals surface area contributed by atoms with Crippen LogP contribution in [0, 0.1) is 25.7 Å². The fraction of sp³-hybridized carbons (Fsp3) is 0.737. The van der Waals surface area contributed by atoms with E-state index in [1.165, 1.54) is 5.56 Å². The number of hydrogen-bond acceptors (Lipinski definition) is 6. The summed E-state index contributed by atoms with van der Waals surface area (Å²) in [6, 6.07) is 0. The van der Waals surface area contributed by atoms with E-state index in [4.69, 9.17) is 14.3 Å². The van der Waals surface area contributed by atoms with E-state index < -0.39 is 5.54 Å². The molecule has 2 fully saturated rings. The molecular weight excluding hydrogens is 332 g/mol. The molecule has 7 heteroatoms. The van der Waals surface area contributed by atoms with E-state index in [0.717, 1.165) is 49.8 Å². The summed E-state index contributed by atoms with van der Waals surface area (Å²) < 4.78 is 10.5. The van der Waals surface area contributed by atoms with Gasteiger partial charge in [0.05, 0.1) is 18.8 Å². The molecule has 1 amide bonds. The average Bonchev–Trinajstić information content (AvgIpc) is 3.31. The summed E-state index contributed by atoms with van der Waals surface area (Å²) in [5, 5.41) is 4.07. The SMILES string of the molecule is COCCN1C(=O)[C@]2(CC[C@@H]3CN(Cc4c(C)noc4C)C[C@@H]32)N=C1C. The molecule has 142 valence electrons. The van der Waals surface area contributed by atoms with Gasteiger partial charge in [0.15, 0.2) is 0 Å². The lowest BCUT2D eigenvalue weighted by Crippen LogP contribution is -2.47. The first-order chi connectivity index (χ1) is 12.5. The number of amides is 1. The Balaban J connectivity index is 1.51. The fourth-order valence-electron chi connectivity index (χ4n) is 5.09. The molecule has 0 radical (unpaired) electrons. The average molecular weight is 360 g/mol. The fourth-order valence-corrected chi connectivity index (χ4v) is 5.09. The first-order valence-electron chi connectivity index (χ1n) is 9.47. The summed E-state index contributed by atoms with van der Waals surface area (Å²) >= 11 is 0. The van der Waals surface area contributed by atoms with E-state index in [0.29, 0.717) is 25.0 Å². The standard InChI is InChI=1S/C19H28N4O3/c1-12-16(13(2)26-21-12)10-22-9-15-5-6-19(17(15)11-22)18(24)23(7-8-25-4)14(3)20-19/h15,17H,5-11H2,1-4H3/t15-,17+,19-/m1/s1. The van der Waals surface area contributed by atoms with Crippen LogP contribution in [0.15, 0.2) is 9.52 Å². The maximum absolute atomic E-state index is 13.2. The van der Waals surface area contributed by atoms with Gasteiger partial charge in [-0.1, -0.05) is 5.16 Å². The van der Waals surface area contributed by atoms with Gasteiger partial charge in [-0.2, -0.15) is 0 Å². The van der Waals surface area contributed by atoms with Crippen molar-refractivity contribution < 1.29 is 14.1 Å². The second-order valence-electron chi connectivity index (χ2n) is 7.93. The van der Waals surface area contributed by atoms with Crippen LogP contribution >= 0.6 is 0 Å². The second kappa shape index (κ2) is 6.46. The van der Waals surface area contributed by atoms with Crippen LogP contribution in [-0.4, -0.2) is 65.6 Å². The van der Waals surface area contributed by atoms with Gasteiger partial charge in [-0.05, 0) is 39.5 Å². The number of likely N-dealkylation sites (tertiary alicyclic amines) is 1. The Bertz CT molecular complexity index is 724. The van der Waals surface area contributed by atoms with Gasteiger partial charge in [0.25, 0.3) is 5.91 Å². The highest BCUT2D eigenvalue weighted by Gasteiger charge is 2.60. The summed E-state index contributed by atoms with van der Waals surface area (Å²) in [7, 11) is 1.66. The van der Waals surface area contributed by atoms with Gasteiger partial charge in [-0.3, -0.25) is 19.6 Å². The predicted octanol–water partition coefficient (Wildman–Crippen LogP) is 1.78. The lowest BCUT2D eigenvalue weighted by atomic mass is 9.85. The predicted molar refractivity (Wildman–Crippen MR) is 96.9 cm³/mol. The van der Waals surface area contributed by atoms with Gasteiger partial charge in [-0.25, -0.2) is 0 Å². The third kappa shape index (κ3) is 2.60. The van der Waals surface area contributed by atoms with Crippen molar-refractivity contribution in [2.24, 2.45) is 16.8 Å². The minimum absolute atomic E-state index is 0.179. The molecule has 1 aromatic heterocycles. The Kier molecular flexibility index (Phi) is 4.39. The Labute approximate surface area is 154 Å². The Morgan fingerprint density at radius 2 is 2.12 bits per heavy atom. The van der Waals surface area contributed by atoms with Gasteiger partial charge in [-0.15, -0.1) is 0 Å². The number of rotatable bonds is 5. The van der Waals surface area contributed by atoms with Crippen molar-refractivity contribution in [3.63, 3.8) is 0 Å². The van der Waals surface area contributed by atoms with Crippen molar-refractivity contribution in [1.29, 1.82) is 0 Å². The Hall–Kier alpha value is -1.73. The number of amidine groups is 1. The van der Waals surface area contributed by atoms with Crippen molar-refractivity contribution in [1.82, 2.24) is 15.0 Å². The molecule has 4 rings (SSSR count). The quantitative estimate of drug-likeness (QED) is 0.800. The summed E-state index contributed by atoms with van der Waals surface area (Å²) in [4.78, 5) is 22.4. The van der Waals surface area contributed by atoms with E-state index >= 15 is 0 Å². The van der Waals surface area contributed by atoms with Gasteiger partial charge in [0.2, 0.25) is 0 Å². The Morgan fingerprint density at radius 1 is 1.31 bits per heavy atom.